The van der Waals surface area contributed by atoms with Crippen LogP contribution in [0.25, 0.3) is 33.3 Å². The highest BCUT2D eigenvalue weighted by Crippen LogP contribution is 2.35. The lowest BCUT2D eigenvalue weighted by Gasteiger charge is -2.13. The van der Waals surface area contributed by atoms with Crippen molar-refractivity contribution in [2.45, 2.75) is 38.7 Å². The van der Waals surface area contributed by atoms with E-state index in [4.69, 9.17) is 4.98 Å². The van der Waals surface area contributed by atoms with E-state index in [1.165, 1.54) is 6.07 Å². The van der Waals surface area contributed by atoms with Crippen molar-refractivity contribution in [3.05, 3.63) is 90.2 Å². The number of fused-ring (bicyclic) bond motifs is 1. The van der Waals surface area contributed by atoms with Crippen molar-refractivity contribution < 1.29 is 14.3 Å². The Kier molecular flexibility index (Phi) is 6.72. The van der Waals surface area contributed by atoms with Gasteiger partial charge in [-0.05, 0) is 42.7 Å². The summed E-state index contributed by atoms with van der Waals surface area (Å²) in [4.78, 5) is 17.2. The summed E-state index contributed by atoms with van der Waals surface area (Å²) in [6, 6.07) is 24.2. The van der Waals surface area contributed by atoms with Crippen LogP contribution in [0.2, 0.25) is 0 Å². The van der Waals surface area contributed by atoms with Crippen LogP contribution in [-0.4, -0.2) is 22.0 Å². The molecule has 1 N–H and O–H groups in total. The van der Waals surface area contributed by atoms with Crippen molar-refractivity contribution in [1.29, 1.82) is 0 Å². The number of nitrogens with zero attached hydrogens (tertiary/aromatic N) is 1. The summed E-state index contributed by atoms with van der Waals surface area (Å²) in [6.45, 7) is 1.91. The van der Waals surface area contributed by atoms with Gasteiger partial charge in [-0.2, -0.15) is 0 Å². The number of benzene rings is 3. The van der Waals surface area contributed by atoms with Crippen LogP contribution in [0, 0.1) is 5.82 Å². The Labute approximate surface area is 187 Å². The average Bonchev–Trinajstić information content (AvgIpc) is 2.82. The third-order valence-corrected chi connectivity index (χ3v) is 5.72. The molecule has 1 heterocycles. The molecule has 0 amide bonds. The van der Waals surface area contributed by atoms with E-state index in [-0.39, 0.29) is 11.6 Å². The second-order valence-corrected chi connectivity index (χ2v) is 8.07. The van der Waals surface area contributed by atoms with E-state index >= 15 is 0 Å². The molecule has 1 atom stereocenters. The zero-order valence-electron chi connectivity index (χ0n) is 18.1. The Balaban J connectivity index is 1.74. The lowest BCUT2D eigenvalue weighted by Crippen LogP contribution is -2.10. The highest BCUT2D eigenvalue weighted by molar-refractivity contribution is 5.92. The molecule has 162 valence electrons. The Hall–Kier alpha value is -3.37. The summed E-state index contributed by atoms with van der Waals surface area (Å²) in [5.74, 6) is -0.202. The fraction of sp³-hybridized carbons (Fsp3) is 0.214. The van der Waals surface area contributed by atoms with Crippen LogP contribution in [0.15, 0.2) is 78.9 Å². The molecule has 3 aromatic carbocycles. The lowest BCUT2D eigenvalue weighted by atomic mass is 9.95. The van der Waals surface area contributed by atoms with Gasteiger partial charge >= 0.3 is 0 Å². The van der Waals surface area contributed by atoms with E-state index in [1.54, 1.807) is 12.1 Å². The number of halogens is 1. The van der Waals surface area contributed by atoms with E-state index in [0.29, 0.717) is 31.2 Å². The first kappa shape index (κ1) is 21.8. The molecule has 0 saturated heterocycles. The number of aliphatic hydroxyl groups is 1. The van der Waals surface area contributed by atoms with Crippen LogP contribution in [0.5, 0.6) is 0 Å². The van der Waals surface area contributed by atoms with Crippen molar-refractivity contribution in [3.8, 4) is 22.4 Å². The quantitative estimate of drug-likeness (QED) is 0.355. The minimum Gasteiger partial charge on any atom is -0.393 e. The monoisotopic (exact) mass is 427 g/mol. The van der Waals surface area contributed by atoms with Gasteiger partial charge in [0.15, 0.2) is 0 Å². The first-order valence-corrected chi connectivity index (χ1v) is 11.0. The first-order valence-electron chi connectivity index (χ1n) is 11.0. The minimum atomic E-state index is -0.431. The van der Waals surface area contributed by atoms with E-state index in [9.17, 15) is 14.3 Å². The van der Waals surface area contributed by atoms with Gasteiger partial charge in [0.05, 0.1) is 17.3 Å². The maximum atomic E-state index is 14.7. The lowest BCUT2D eigenvalue weighted by molar-refractivity contribution is -0.119. The summed E-state index contributed by atoms with van der Waals surface area (Å²) >= 11 is 0. The SMILES string of the molecule is CC[C@@H](O)CCC(=O)Cc1ccc2nc(-c3ccccc3)c(-c3ccccc3F)cc2c1. The molecule has 0 aliphatic carbocycles. The van der Waals surface area contributed by atoms with Crippen LogP contribution in [0.3, 0.4) is 0 Å². The van der Waals surface area contributed by atoms with Gasteiger partial charge in [0.1, 0.15) is 11.6 Å². The predicted octanol–water partition coefficient (Wildman–Crippen LogP) is 6.37. The third kappa shape index (κ3) is 4.92. The van der Waals surface area contributed by atoms with E-state index in [0.717, 1.165) is 33.3 Å². The van der Waals surface area contributed by atoms with Gasteiger partial charge in [-0.25, -0.2) is 9.37 Å². The molecule has 0 radical (unpaired) electrons. The molecule has 3 nitrogen and oxygen atoms in total. The number of hydrogen-bond donors (Lipinski definition) is 1. The van der Waals surface area contributed by atoms with Gasteiger partial charge in [0.25, 0.3) is 0 Å². The number of rotatable bonds is 8. The molecule has 0 unspecified atom stereocenters. The summed E-state index contributed by atoms with van der Waals surface area (Å²) in [6.07, 6.45) is 1.37. The van der Waals surface area contributed by atoms with Gasteiger partial charge in [-0.1, -0.05) is 61.5 Å². The van der Waals surface area contributed by atoms with Crippen molar-refractivity contribution in [2.75, 3.05) is 0 Å². The van der Waals surface area contributed by atoms with Gasteiger partial charge < -0.3 is 5.11 Å². The number of carbonyl (C=O) groups is 1. The smallest absolute Gasteiger partial charge is 0.137 e. The van der Waals surface area contributed by atoms with Crippen LogP contribution in [0.1, 0.15) is 31.7 Å². The van der Waals surface area contributed by atoms with Gasteiger partial charge in [0.2, 0.25) is 0 Å². The fourth-order valence-electron chi connectivity index (χ4n) is 3.88. The second-order valence-electron chi connectivity index (χ2n) is 8.07. The fourth-order valence-corrected chi connectivity index (χ4v) is 3.88. The van der Waals surface area contributed by atoms with Crippen molar-refractivity contribution in [3.63, 3.8) is 0 Å². The molecule has 0 bridgehead atoms. The summed E-state index contributed by atoms with van der Waals surface area (Å²) in [5.41, 5.74) is 4.54. The number of aromatic nitrogens is 1. The number of ketones is 1. The number of carbonyl (C=O) groups excluding carboxylic acids is 1. The maximum absolute atomic E-state index is 14.7. The summed E-state index contributed by atoms with van der Waals surface area (Å²) < 4.78 is 14.7. The van der Waals surface area contributed by atoms with Crippen molar-refractivity contribution in [1.82, 2.24) is 4.98 Å². The molecule has 0 fully saturated rings. The standard InChI is InChI=1S/C28H26FNO2/c1-2-22(31)13-14-23(32)17-19-12-15-27-21(16-19)18-25(24-10-6-7-11-26(24)29)28(30-27)20-8-4-3-5-9-20/h3-12,15-16,18,22,31H,2,13-14,17H2,1H3/t22-/m1/s1. The molecule has 0 aliphatic rings. The molecule has 32 heavy (non-hydrogen) atoms. The molecule has 0 aliphatic heterocycles. The highest BCUT2D eigenvalue weighted by atomic mass is 19.1. The Morgan fingerprint density at radius 2 is 1.72 bits per heavy atom. The Bertz CT molecular complexity index is 1240. The van der Waals surface area contributed by atoms with E-state index in [2.05, 4.69) is 0 Å². The molecule has 4 aromatic rings. The number of aliphatic hydroxyl groups excluding tert-OH is 1. The third-order valence-electron chi connectivity index (χ3n) is 5.72. The van der Waals surface area contributed by atoms with Crippen LogP contribution >= 0.6 is 0 Å². The molecule has 0 saturated carbocycles. The molecule has 1 aromatic heterocycles. The second kappa shape index (κ2) is 9.84. The van der Waals surface area contributed by atoms with Crippen LogP contribution < -0.4 is 0 Å². The zero-order valence-corrected chi connectivity index (χ0v) is 18.1. The summed E-state index contributed by atoms with van der Waals surface area (Å²) in [7, 11) is 0. The van der Waals surface area contributed by atoms with Gasteiger partial charge in [-0.3, -0.25) is 4.79 Å². The molecule has 4 heteroatoms. The molecule has 4 rings (SSSR count). The summed E-state index contributed by atoms with van der Waals surface area (Å²) in [5, 5.41) is 10.6. The first-order chi connectivity index (χ1) is 15.5. The van der Waals surface area contributed by atoms with Gasteiger partial charge in [-0.15, -0.1) is 0 Å². The van der Waals surface area contributed by atoms with Gasteiger partial charge in [0, 0.05) is 34.9 Å². The van der Waals surface area contributed by atoms with Crippen molar-refractivity contribution in [2.24, 2.45) is 0 Å². The Morgan fingerprint density at radius 1 is 0.969 bits per heavy atom. The average molecular weight is 428 g/mol. The molecular formula is C28H26FNO2. The topological polar surface area (TPSA) is 50.2 Å². The maximum Gasteiger partial charge on any atom is 0.137 e. The molecular weight excluding hydrogens is 401 g/mol. The zero-order chi connectivity index (χ0) is 22.5. The number of hydrogen-bond acceptors (Lipinski definition) is 3. The highest BCUT2D eigenvalue weighted by Gasteiger charge is 2.15. The minimum absolute atomic E-state index is 0.0973. The van der Waals surface area contributed by atoms with Crippen molar-refractivity contribution >= 4 is 16.7 Å². The largest absolute Gasteiger partial charge is 0.393 e. The normalized spacial score (nSPS) is 12.1. The molecule has 0 spiro atoms. The van der Waals surface area contributed by atoms with Crippen LogP contribution in [-0.2, 0) is 11.2 Å². The number of Topliss-reactive ketones (excluding diaryl/α,β-unsaturated/α-hetero) is 1. The number of pyridine rings is 1. The van der Waals surface area contributed by atoms with Crippen LogP contribution in [0.4, 0.5) is 4.39 Å². The predicted molar refractivity (Wildman–Crippen MR) is 127 cm³/mol. The van der Waals surface area contributed by atoms with E-state index < -0.39 is 6.10 Å². The Morgan fingerprint density at radius 3 is 2.47 bits per heavy atom. The van der Waals surface area contributed by atoms with E-state index in [1.807, 2.05) is 67.6 Å².